The summed E-state index contributed by atoms with van der Waals surface area (Å²) in [4.78, 5) is 28.4. The van der Waals surface area contributed by atoms with Crippen LogP contribution in [0.4, 0.5) is 10.2 Å². The summed E-state index contributed by atoms with van der Waals surface area (Å²) in [6.45, 7) is 12.4. The first-order valence-electron chi connectivity index (χ1n) is 16.5. The van der Waals surface area contributed by atoms with Crippen LogP contribution in [0.25, 0.3) is 0 Å². The summed E-state index contributed by atoms with van der Waals surface area (Å²) in [5.74, 6) is 0.681. The number of ether oxygens (including phenoxy) is 2. The first-order chi connectivity index (χ1) is 21.9. The summed E-state index contributed by atoms with van der Waals surface area (Å²) in [5, 5.41) is 0. The summed E-state index contributed by atoms with van der Waals surface area (Å²) in [7, 11) is -1.43. The SMILES string of the molecule is CCN(C(=O)c1cc(F)ccc1Oc1cncnc1N1CC2(CCN(CC3(OC)CCC(NS(=O)(=O)CC)CC3)CC2)C1)C(C)C. The molecule has 0 radical (unpaired) electrons. The van der Waals surface area contributed by atoms with E-state index in [9.17, 15) is 17.6 Å². The maximum absolute atomic E-state index is 14.3. The van der Waals surface area contributed by atoms with Gasteiger partial charge < -0.3 is 24.2 Å². The normalized spacial score (nSPS) is 23.4. The van der Waals surface area contributed by atoms with Gasteiger partial charge in [0.05, 0.1) is 23.1 Å². The van der Waals surface area contributed by atoms with Crippen molar-refractivity contribution < 1.29 is 27.1 Å². The summed E-state index contributed by atoms with van der Waals surface area (Å²) < 4.78 is 53.5. The van der Waals surface area contributed by atoms with Gasteiger partial charge in [0, 0.05) is 50.8 Å². The Labute approximate surface area is 272 Å². The molecule has 3 fully saturated rings. The van der Waals surface area contributed by atoms with Crippen LogP contribution < -0.4 is 14.4 Å². The van der Waals surface area contributed by atoms with E-state index in [1.165, 1.54) is 24.5 Å². The fourth-order valence-corrected chi connectivity index (χ4v) is 8.15. The van der Waals surface area contributed by atoms with E-state index in [-0.39, 0.29) is 46.1 Å². The van der Waals surface area contributed by atoms with Crippen LogP contribution >= 0.6 is 0 Å². The molecule has 1 amide bonds. The van der Waals surface area contributed by atoms with Crippen molar-refractivity contribution in [2.24, 2.45) is 5.41 Å². The van der Waals surface area contributed by atoms with Crippen molar-refractivity contribution in [2.45, 2.75) is 83.9 Å². The van der Waals surface area contributed by atoms with Gasteiger partial charge in [-0.25, -0.2) is 27.5 Å². The van der Waals surface area contributed by atoms with Gasteiger partial charge in [-0.3, -0.25) is 4.79 Å². The van der Waals surface area contributed by atoms with Crippen LogP contribution in [0, 0.1) is 11.2 Å². The summed E-state index contributed by atoms with van der Waals surface area (Å²) >= 11 is 0. The lowest BCUT2D eigenvalue weighted by molar-refractivity contribution is -0.0748. The smallest absolute Gasteiger partial charge is 0.257 e. The first-order valence-corrected chi connectivity index (χ1v) is 18.2. The second-order valence-corrected chi connectivity index (χ2v) is 15.5. The van der Waals surface area contributed by atoms with Crippen LogP contribution in [0.5, 0.6) is 11.5 Å². The van der Waals surface area contributed by atoms with Gasteiger partial charge in [0.25, 0.3) is 5.91 Å². The molecule has 2 saturated heterocycles. The zero-order chi connectivity index (χ0) is 33.1. The minimum Gasteiger partial charge on any atom is -0.451 e. The van der Waals surface area contributed by atoms with Crippen molar-refractivity contribution in [1.82, 2.24) is 24.5 Å². The number of nitrogens with zero attached hydrogens (tertiary/aromatic N) is 5. The topological polar surface area (TPSA) is 117 Å². The third-order valence-electron chi connectivity index (χ3n) is 10.1. The Hall–Kier alpha value is -2.87. The van der Waals surface area contributed by atoms with E-state index < -0.39 is 15.8 Å². The third kappa shape index (κ3) is 7.64. The molecule has 1 aromatic carbocycles. The van der Waals surface area contributed by atoms with Crippen molar-refractivity contribution in [3.63, 3.8) is 0 Å². The predicted octanol–water partition coefficient (Wildman–Crippen LogP) is 4.45. The van der Waals surface area contributed by atoms with Gasteiger partial charge in [0.2, 0.25) is 10.0 Å². The molecule has 1 aliphatic carbocycles. The van der Waals surface area contributed by atoms with E-state index in [4.69, 9.17) is 9.47 Å². The number of sulfonamides is 1. The molecule has 2 aromatic rings. The molecule has 1 saturated carbocycles. The van der Waals surface area contributed by atoms with E-state index >= 15 is 0 Å². The number of carbonyl (C=O) groups is 1. The number of carbonyl (C=O) groups excluding carboxylic acids is 1. The van der Waals surface area contributed by atoms with Gasteiger partial charge in [0.1, 0.15) is 17.9 Å². The fraction of sp³-hybridized carbons (Fsp3) is 0.667. The number of nitrogens with one attached hydrogen (secondary N) is 1. The van der Waals surface area contributed by atoms with Gasteiger partial charge in [-0.1, -0.05) is 0 Å². The second-order valence-electron chi connectivity index (χ2n) is 13.5. The van der Waals surface area contributed by atoms with Gasteiger partial charge in [-0.2, -0.15) is 0 Å². The lowest BCUT2D eigenvalue weighted by Crippen LogP contribution is -2.62. The van der Waals surface area contributed by atoms with E-state index in [1.807, 2.05) is 20.8 Å². The van der Waals surface area contributed by atoms with Crippen LogP contribution in [0.3, 0.4) is 0 Å². The van der Waals surface area contributed by atoms with Crippen molar-refractivity contribution in [2.75, 3.05) is 57.0 Å². The van der Waals surface area contributed by atoms with Crippen LogP contribution in [-0.4, -0.2) is 104 Å². The Bertz CT molecular complexity index is 1470. The maximum Gasteiger partial charge on any atom is 0.257 e. The van der Waals surface area contributed by atoms with Crippen molar-refractivity contribution >= 4 is 21.7 Å². The molecular formula is C33H49FN6O5S. The summed E-state index contributed by atoms with van der Waals surface area (Å²) in [6, 6.07) is 3.95. The van der Waals surface area contributed by atoms with Crippen molar-refractivity contribution in [3.05, 3.63) is 42.1 Å². The molecule has 0 atom stereocenters. The fourth-order valence-electron chi connectivity index (χ4n) is 7.24. The average molecular weight is 661 g/mol. The molecule has 0 bridgehead atoms. The average Bonchev–Trinajstić information content (AvgIpc) is 3.02. The number of anilines is 1. The van der Waals surface area contributed by atoms with Crippen molar-refractivity contribution in [1.29, 1.82) is 0 Å². The highest BCUT2D eigenvalue weighted by Crippen LogP contribution is 2.45. The lowest BCUT2D eigenvalue weighted by atomic mass is 9.71. The molecule has 3 aliphatic rings. The number of amides is 1. The quantitative estimate of drug-likeness (QED) is 0.353. The van der Waals surface area contributed by atoms with Crippen LogP contribution in [0.1, 0.15) is 76.6 Å². The number of aromatic nitrogens is 2. The third-order valence-corrected chi connectivity index (χ3v) is 11.6. The number of likely N-dealkylation sites (tertiary alicyclic amines) is 1. The maximum atomic E-state index is 14.3. The van der Waals surface area contributed by atoms with Crippen LogP contribution in [-0.2, 0) is 14.8 Å². The monoisotopic (exact) mass is 660 g/mol. The molecule has 0 unspecified atom stereocenters. The Morgan fingerprint density at radius 3 is 2.43 bits per heavy atom. The Kier molecular flexibility index (Phi) is 10.6. The molecule has 3 heterocycles. The Morgan fingerprint density at radius 2 is 1.83 bits per heavy atom. The second kappa shape index (κ2) is 14.1. The Balaban J connectivity index is 1.19. The molecule has 13 heteroatoms. The highest BCUT2D eigenvalue weighted by atomic mass is 32.2. The number of rotatable bonds is 12. The first kappa shape index (κ1) is 34.5. The highest BCUT2D eigenvalue weighted by molar-refractivity contribution is 7.89. The van der Waals surface area contributed by atoms with E-state index in [0.29, 0.717) is 18.1 Å². The van der Waals surface area contributed by atoms with E-state index in [1.54, 1.807) is 25.1 Å². The molecule has 2 aliphatic heterocycles. The number of hydrogen-bond acceptors (Lipinski definition) is 9. The summed E-state index contributed by atoms with van der Waals surface area (Å²) in [6.07, 6.45) is 8.44. The van der Waals surface area contributed by atoms with Crippen LogP contribution in [0.15, 0.2) is 30.7 Å². The van der Waals surface area contributed by atoms with Gasteiger partial charge in [-0.05, 0) is 97.5 Å². The number of piperidine rings is 1. The standard InChI is InChI=1S/C33H49FN6O5S/c1-6-40(24(3)4)31(41)27-18-25(34)8-9-28(27)45-29-19-35-23-36-30(29)39-20-32(21-39)14-16-38(17-15-32)22-33(44-5)12-10-26(11-13-33)37-46(42,43)7-2/h8-9,18-19,23-24,26,37H,6-7,10-17,20-22H2,1-5H3. The Morgan fingerprint density at radius 1 is 1.13 bits per heavy atom. The van der Waals surface area contributed by atoms with Crippen LogP contribution in [0.2, 0.25) is 0 Å². The number of benzene rings is 1. The molecule has 1 spiro atoms. The zero-order valence-electron chi connectivity index (χ0n) is 27.8. The highest BCUT2D eigenvalue weighted by Gasteiger charge is 2.47. The van der Waals surface area contributed by atoms with Gasteiger partial charge in [0.15, 0.2) is 11.6 Å². The van der Waals surface area contributed by atoms with Gasteiger partial charge in [-0.15, -0.1) is 0 Å². The molecular weight excluding hydrogens is 611 g/mol. The molecule has 5 rings (SSSR count). The lowest BCUT2D eigenvalue weighted by Gasteiger charge is -2.55. The van der Waals surface area contributed by atoms with E-state index in [2.05, 4.69) is 24.5 Å². The summed E-state index contributed by atoms with van der Waals surface area (Å²) in [5.41, 5.74) is 0.106. The molecule has 46 heavy (non-hydrogen) atoms. The largest absolute Gasteiger partial charge is 0.451 e. The molecule has 1 N–H and O–H groups in total. The predicted molar refractivity (Wildman–Crippen MR) is 175 cm³/mol. The molecule has 11 nitrogen and oxygen atoms in total. The van der Waals surface area contributed by atoms with Crippen molar-refractivity contribution in [3.8, 4) is 11.5 Å². The molecule has 1 aromatic heterocycles. The van der Waals surface area contributed by atoms with E-state index in [0.717, 1.165) is 71.2 Å². The number of hydrogen-bond donors (Lipinski definition) is 1. The molecule has 254 valence electrons. The minimum atomic E-state index is -3.21. The zero-order valence-corrected chi connectivity index (χ0v) is 28.6. The number of halogens is 1. The number of methoxy groups -OCH3 is 1. The minimum absolute atomic E-state index is 0.0179. The van der Waals surface area contributed by atoms with Gasteiger partial charge >= 0.3 is 0 Å².